The zero-order valence-corrected chi connectivity index (χ0v) is 12.3. The van der Waals surface area contributed by atoms with E-state index in [0.717, 1.165) is 30.6 Å². The van der Waals surface area contributed by atoms with E-state index in [-0.39, 0.29) is 5.60 Å². The quantitative estimate of drug-likeness (QED) is 0.643. The van der Waals surface area contributed by atoms with E-state index in [1.54, 1.807) is 0 Å². The first kappa shape index (κ1) is 12.4. The van der Waals surface area contributed by atoms with Crippen LogP contribution in [0.4, 0.5) is 0 Å². The van der Waals surface area contributed by atoms with E-state index >= 15 is 0 Å². The second-order valence-electron chi connectivity index (χ2n) is 8.11. The lowest BCUT2D eigenvalue weighted by molar-refractivity contribution is -0.145. The van der Waals surface area contributed by atoms with Crippen molar-refractivity contribution in [2.45, 2.75) is 70.3 Å². The minimum absolute atomic E-state index is 0.279. The Hall–Kier alpha value is -0.300. The van der Waals surface area contributed by atoms with E-state index in [0.29, 0.717) is 11.3 Å². The normalized spacial score (nSPS) is 56.3. The molecule has 0 aliphatic heterocycles. The van der Waals surface area contributed by atoms with Crippen molar-refractivity contribution >= 4 is 0 Å². The first-order valence-electron chi connectivity index (χ1n) is 8.52. The molecule has 19 heavy (non-hydrogen) atoms. The molecule has 1 nitrogen and oxygen atoms in total. The van der Waals surface area contributed by atoms with Crippen LogP contribution in [0.2, 0.25) is 0 Å². The molecule has 1 heteroatoms. The predicted octanol–water partition coefficient (Wildman–Crippen LogP) is 4.31. The summed E-state index contributed by atoms with van der Waals surface area (Å²) in [5.74, 6) is 3.25. The number of fused-ring (bicyclic) bond motifs is 5. The van der Waals surface area contributed by atoms with Crippen molar-refractivity contribution in [3.05, 3.63) is 12.2 Å². The maximum absolute atomic E-state index is 11.0. The third-order valence-electron chi connectivity index (χ3n) is 7.31. The Morgan fingerprint density at radius 2 is 1.74 bits per heavy atom. The van der Waals surface area contributed by atoms with Crippen LogP contribution in [0.25, 0.3) is 0 Å². The molecule has 0 aromatic rings. The molecular formula is C18H28O. The van der Waals surface area contributed by atoms with Crippen LogP contribution < -0.4 is 0 Å². The highest BCUT2D eigenvalue weighted by Crippen LogP contribution is 2.61. The highest BCUT2D eigenvalue weighted by Gasteiger charge is 2.55. The van der Waals surface area contributed by atoms with Crippen molar-refractivity contribution < 1.29 is 5.11 Å². The molecule has 4 aliphatic rings. The lowest BCUT2D eigenvalue weighted by atomic mass is 9.49. The molecule has 3 fully saturated rings. The van der Waals surface area contributed by atoms with E-state index in [9.17, 15) is 5.11 Å². The summed E-state index contributed by atoms with van der Waals surface area (Å²) in [6.07, 6.45) is 16.4. The molecule has 0 aromatic carbocycles. The number of aliphatic hydroxyl groups is 1. The van der Waals surface area contributed by atoms with Gasteiger partial charge in [0.05, 0.1) is 5.60 Å². The van der Waals surface area contributed by atoms with Crippen LogP contribution in [-0.4, -0.2) is 10.7 Å². The summed E-state index contributed by atoms with van der Waals surface area (Å²) in [5.41, 5.74) is 0.213. The van der Waals surface area contributed by atoms with E-state index in [1.165, 1.54) is 44.9 Å². The van der Waals surface area contributed by atoms with Crippen LogP contribution in [0.1, 0.15) is 64.7 Å². The second-order valence-corrected chi connectivity index (χ2v) is 8.11. The summed E-state index contributed by atoms with van der Waals surface area (Å²) in [6, 6.07) is 0. The molecule has 0 amide bonds. The van der Waals surface area contributed by atoms with Gasteiger partial charge in [0.1, 0.15) is 0 Å². The van der Waals surface area contributed by atoms with Crippen molar-refractivity contribution in [1.29, 1.82) is 0 Å². The lowest BCUT2D eigenvalue weighted by Gasteiger charge is -2.57. The van der Waals surface area contributed by atoms with Crippen molar-refractivity contribution in [2.24, 2.45) is 29.1 Å². The first-order chi connectivity index (χ1) is 9.12. The Bertz CT molecular complexity index is 400. The fourth-order valence-corrected chi connectivity index (χ4v) is 6.30. The summed E-state index contributed by atoms with van der Waals surface area (Å²) in [5, 5.41) is 11.0. The van der Waals surface area contributed by atoms with Crippen molar-refractivity contribution in [3.8, 4) is 0 Å². The van der Waals surface area contributed by atoms with Crippen molar-refractivity contribution in [3.63, 3.8) is 0 Å². The van der Waals surface area contributed by atoms with Crippen LogP contribution in [0.3, 0.4) is 0 Å². The monoisotopic (exact) mass is 260 g/mol. The summed E-state index contributed by atoms with van der Waals surface area (Å²) >= 11 is 0. The van der Waals surface area contributed by atoms with E-state index in [4.69, 9.17) is 0 Å². The van der Waals surface area contributed by atoms with Crippen LogP contribution in [-0.2, 0) is 0 Å². The summed E-state index contributed by atoms with van der Waals surface area (Å²) in [4.78, 5) is 0. The van der Waals surface area contributed by atoms with Gasteiger partial charge in [0, 0.05) is 0 Å². The fourth-order valence-electron chi connectivity index (χ4n) is 6.30. The lowest BCUT2D eigenvalue weighted by Crippen LogP contribution is -2.54. The molecule has 6 atom stereocenters. The summed E-state index contributed by atoms with van der Waals surface area (Å²) in [6.45, 7) is 2.49. The number of hydrogen-bond donors (Lipinski definition) is 1. The van der Waals surface area contributed by atoms with Gasteiger partial charge in [0.15, 0.2) is 0 Å². The smallest absolute Gasteiger partial charge is 0.0678 e. The van der Waals surface area contributed by atoms with Crippen LogP contribution in [0.15, 0.2) is 12.2 Å². The Labute approximate surface area is 117 Å². The van der Waals surface area contributed by atoms with Crippen LogP contribution >= 0.6 is 0 Å². The maximum atomic E-state index is 11.0. The highest BCUT2D eigenvalue weighted by molar-refractivity contribution is 5.15. The van der Waals surface area contributed by atoms with Gasteiger partial charge in [-0.05, 0) is 74.0 Å². The number of rotatable bonds is 0. The van der Waals surface area contributed by atoms with E-state index < -0.39 is 0 Å². The number of allylic oxidation sites excluding steroid dienone is 2. The molecule has 0 radical (unpaired) electrons. The van der Waals surface area contributed by atoms with E-state index in [2.05, 4.69) is 19.1 Å². The van der Waals surface area contributed by atoms with Crippen LogP contribution in [0.5, 0.6) is 0 Å². The third kappa shape index (κ3) is 1.70. The zero-order valence-electron chi connectivity index (χ0n) is 12.3. The topological polar surface area (TPSA) is 20.2 Å². The van der Waals surface area contributed by atoms with Crippen LogP contribution in [0, 0.1) is 29.1 Å². The largest absolute Gasteiger partial charge is 0.390 e. The highest BCUT2D eigenvalue weighted by atomic mass is 16.3. The Balaban J connectivity index is 1.63. The van der Waals surface area contributed by atoms with Crippen molar-refractivity contribution in [1.82, 2.24) is 0 Å². The minimum atomic E-state index is -0.279. The van der Waals surface area contributed by atoms with Gasteiger partial charge in [0.2, 0.25) is 0 Å². The predicted molar refractivity (Wildman–Crippen MR) is 77.7 cm³/mol. The SMILES string of the molecule is C[C@@]12C=CC[C@H]1[C@@H]1CC[C@@]3(O)CCCC[C@@H]3[C@H]1CC2. The van der Waals surface area contributed by atoms with Gasteiger partial charge in [-0.2, -0.15) is 0 Å². The Morgan fingerprint density at radius 1 is 0.947 bits per heavy atom. The van der Waals surface area contributed by atoms with Gasteiger partial charge >= 0.3 is 0 Å². The van der Waals surface area contributed by atoms with Gasteiger partial charge < -0.3 is 5.11 Å². The standard InChI is InChI=1S/C18H28O/c1-17-9-4-6-15(17)13-8-12-18(19)10-3-2-5-16(18)14(13)7-11-17/h4,9,13-16,19H,2-3,5-8,10-12H2,1H3/t13-,14+,15+,16-,17+,18+/m1/s1. The molecule has 3 saturated carbocycles. The molecule has 4 rings (SSSR count). The van der Waals surface area contributed by atoms with Gasteiger partial charge in [-0.15, -0.1) is 0 Å². The minimum Gasteiger partial charge on any atom is -0.390 e. The van der Waals surface area contributed by atoms with Gasteiger partial charge in [-0.3, -0.25) is 0 Å². The third-order valence-corrected chi connectivity index (χ3v) is 7.31. The molecular weight excluding hydrogens is 232 g/mol. The summed E-state index contributed by atoms with van der Waals surface area (Å²) < 4.78 is 0. The second kappa shape index (κ2) is 4.10. The molecule has 106 valence electrons. The molecule has 0 heterocycles. The summed E-state index contributed by atoms with van der Waals surface area (Å²) in [7, 11) is 0. The molecule has 0 saturated heterocycles. The van der Waals surface area contributed by atoms with Crippen molar-refractivity contribution in [2.75, 3.05) is 0 Å². The zero-order chi connectivity index (χ0) is 13.1. The van der Waals surface area contributed by atoms with Gasteiger partial charge in [-0.1, -0.05) is 31.9 Å². The molecule has 0 unspecified atom stereocenters. The molecule has 1 N–H and O–H groups in total. The Morgan fingerprint density at radius 3 is 2.63 bits per heavy atom. The molecule has 0 aromatic heterocycles. The Kier molecular flexibility index (Phi) is 2.68. The fraction of sp³-hybridized carbons (Fsp3) is 0.889. The van der Waals surface area contributed by atoms with Gasteiger partial charge in [0.25, 0.3) is 0 Å². The molecule has 0 spiro atoms. The molecule has 4 aliphatic carbocycles. The van der Waals surface area contributed by atoms with E-state index in [1.807, 2.05) is 0 Å². The average molecular weight is 260 g/mol. The molecule has 0 bridgehead atoms. The average Bonchev–Trinajstić information content (AvgIpc) is 2.79. The first-order valence-corrected chi connectivity index (χ1v) is 8.52. The van der Waals surface area contributed by atoms with Gasteiger partial charge in [-0.25, -0.2) is 0 Å². The maximum Gasteiger partial charge on any atom is 0.0678 e. The number of hydrogen-bond acceptors (Lipinski definition) is 1.